The van der Waals surface area contributed by atoms with Gasteiger partial charge in [0.2, 0.25) is 0 Å². The predicted molar refractivity (Wildman–Crippen MR) is 160 cm³/mol. The van der Waals surface area contributed by atoms with Crippen molar-refractivity contribution in [1.29, 1.82) is 0 Å². The average molecular weight is 720 g/mol. The third-order valence-electron chi connectivity index (χ3n) is 6.65. The van der Waals surface area contributed by atoms with E-state index in [-0.39, 0.29) is 64.0 Å². The normalized spacial score (nSPS) is 15.8. The topological polar surface area (TPSA) is 122 Å². The average Bonchev–Trinajstić information content (AvgIpc) is 3.71. The molecule has 3 N–H and O–H groups in total. The quantitative estimate of drug-likeness (QED) is 0.273. The van der Waals surface area contributed by atoms with Gasteiger partial charge in [-0.15, -0.1) is 0 Å². The maximum atomic E-state index is 14.8. The Balaban J connectivity index is 1.58. The first-order chi connectivity index (χ1) is 19.4. The van der Waals surface area contributed by atoms with Crippen molar-refractivity contribution < 1.29 is 26.7 Å². The van der Waals surface area contributed by atoms with Crippen LogP contribution in [0.2, 0.25) is 5.02 Å². The molecule has 15 heteroatoms. The van der Waals surface area contributed by atoms with Crippen LogP contribution in [0.1, 0.15) is 28.8 Å². The summed E-state index contributed by atoms with van der Waals surface area (Å²) in [7, 11) is -2.63. The summed E-state index contributed by atoms with van der Waals surface area (Å²) in [6.07, 6.45) is 0.335. The molecule has 0 spiro atoms. The molecule has 0 radical (unpaired) electrons. The van der Waals surface area contributed by atoms with Crippen LogP contribution in [0.5, 0.6) is 11.5 Å². The maximum Gasteiger partial charge on any atom is 0.301 e. The zero-order valence-corrected chi connectivity index (χ0v) is 25.5. The molecule has 2 aromatic carbocycles. The molecule has 1 aliphatic carbocycles. The van der Waals surface area contributed by atoms with E-state index in [1.54, 1.807) is 6.07 Å². The van der Waals surface area contributed by atoms with E-state index >= 15 is 0 Å². The van der Waals surface area contributed by atoms with Crippen molar-refractivity contribution in [3.8, 4) is 11.5 Å². The Hall–Kier alpha value is -2.95. The van der Waals surface area contributed by atoms with Crippen LogP contribution < -0.4 is 25.7 Å². The summed E-state index contributed by atoms with van der Waals surface area (Å²) in [6.45, 7) is 0.927. The van der Waals surface area contributed by atoms with Crippen molar-refractivity contribution in [2.45, 2.75) is 32.0 Å². The highest BCUT2D eigenvalue weighted by Gasteiger charge is 2.36. The largest absolute Gasteiger partial charge is 0.454 e. The van der Waals surface area contributed by atoms with Gasteiger partial charge in [0.15, 0.2) is 5.75 Å². The first-order valence-corrected chi connectivity index (χ1v) is 15.4. The fraction of sp³-hybridized carbons (Fsp3) is 0.308. The molecule has 0 unspecified atom stereocenters. The standard InChI is InChI=1S/C26H25ClF2IN5O5S/c1-13-23(40-20-5-3-4-19(22(20)27)33-41(38,39)35-11-14(28)12-35)21(25(36)31-16-7-8-16)24(34(2)26(13)37)32-18-9-6-15(30)10-17(18)29/h3-6,9-10,14,16,32-33H,7-8,11-12H2,1-2H3,(H,31,36). The van der Waals surface area contributed by atoms with Gasteiger partial charge in [-0.25, -0.2) is 8.78 Å². The van der Waals surface area contributed by atoms with Crippen LogP contribution in [0.15, 0.2) is 41.2 Å². The number of pyridine rings is 1. The van der Waals surface area contributed by atoms with Crippen molar-refractivity contribution in [2.75, 3.05) is 23.1 Å². The Labute approximate surface area is 253 Å². The van der Waals surface area contributed by atoms with Gasteiger partial charge in [-0.1, -0.05) is 17.7 Å². The minimum absolute atomic E-state index is 0.0135. The van der Waals surface area contributed by atoms with Crippen LogP contribution in [0.4, 0.5) is 26.0 Å². The fourth-order valence-corrected chi connectivity index (χ4v) is 6.18. The van der Waals surface area contributed by atoms with Gasteiger partial charge in [0, 0.05) is 29.7 Å². The number of anilines is 3. The van der Waals surface area contributed by atoms with Crippen LogP contribution >= 0.6 is 34.2 Å². The van der Waals surface area contributed by atoms with Crippen molar-refractivity contribution in [3.05, 3.63) is 72.3 Å². The Morgan fingerprint density at radius 1 is 1.17 bits per heavy atom. The molecular weight excluding hydrogens is 695 g/mol. The van der Waals surface area contributed by atoms with E-state index in [4.69, 9.17) is 16.3 Å². The SMILES string of the molecule is Cc1c(Oc2cccc(NS(=O)(=O)N3CC(F)C3)c2Cl)c(C(=O)NC2CC2)c(Nc2ccc(I)cc2F)n(C)c1=O. The van der Waals surface area contributed by atoms with E-state index in [9.17, 15) is 26.8 Å². The monoisotopic (exact) mass is 719 g/mol. The molecule has 0 bridgehead atoms. The number of ether oxygens (including phenoxy) is 1. The summed E-state index contributed by atoms with van der Waals surface area (Å²) in [5, 5.41) is 5.60. The molecule has 218 valence electrons. The molecule has 41 heavy (non-hydrogen) atoms. The number of carbonyl (C=O) groups is 1. The number of nitrogens with zero attached hydrogens (tertiary/aromatic N) is 2. The minimum Gasteiger partial charge on any atom is -0.454 e. The first-order valence-electron chi connectivity index (χ1n) is 12.5. The van der Waals surface area contributed by atoms with Gasteiger partial charge in [0.1, 0.15) is 34.1 Å². The van der Waals surface area contributed by atoms with Gasteiger partial charge in [-0.3, -0.25) is 18.9 Å². The van der Waals surface area contributed by atoms with Crippen LogP contribution in [-0.4, -0.2) is 48.5 Å². The lowest BCUT2D eigenvalue weighted by molar-refractivity contribution is 0.0948. The van der Waals surface area contributed by atoms with Gasteiger partial charge in [0.05, 0.1) is 16.9 Å². The highest BCUT2D eigenvalue weighted by atomic mass is 127. The number of hydrogen-bond donors (Lipinski definition) is 3. The van der Waals surface area contributed by atoms with Gasteiger partial charge in [-0.2, -0.15) is 12.7 Å². The van der Waals surface area contributed by atoms with Crippen LogP contribution in [-0.2, 0) is 17.3 Å². The summed E-state index contributed by atoms with van der Waals surface area (Å²) in [4.78, 5) is 26.8. The number of alkyl halides is 1. The molecular formula is C26H25ClF2IN5O5S. The van der Waals surface area contributed by atoms with Crippen LogP contribution in [0, 0.1) is 16.3 Å². The highest BCUT2D eigenvalue weighted by molar-refractivity contribution is 14.1. The molecule has 1 saturated carbocycles. The first kappa shape index (κ1) is 29.5. The van der Waals surface area contributed by atoms with E-state index in [1.165, 1.54) is 48.9 Å². The van der Waals surface area contributed by atoms with E-state index in [0.717, 1.165) is 17.1 Å². The van der Waals surface area contributed by atoms with Crippen LogP contribution in [0.3, 0.4) is 0 Å². The number of carbonyl (C=O) groups excluding carboxylic acids is 1. The molecule has 2 heterocycles. The van der Waals surface area contributed by atoms with E-state index in [1.807, 2.05) is 22.6 Å². The third kappa shape index (κ3) is 6.15. The molecule has 10 nitrogen and oxygen atoms in total. The van der Waals surface area contributed by atoms with E-state index in [0.29, 0.717) is 3.57 Å². The second-order valence-electron chi connectivity index (χ2n) is 9.78. The van der Waals surface area contributed by atoms with Gasteiger partial charge in [0.25, 0.3) is 11.5 Å². The second kappa shape index (κ2) is 11.4. The lowest BCUT2D eigenvalue weighted by Crippen LogP contribution is -2.53. The number of rotatable bonds is 9. The Bertz CT molecular complexity index is 1710. The lowest BCUT2D eigenvalue weighted by atomic mass is 10.1. The molecule has 5 rings (SSSR count). The molecule has 3 aromatic rings. The van der Waals surface area contributed by atoms with Crippen molar-refractivity contribution in [1.82, 2.24) is 14.2 Å². The van der Waals surface area contributed by atoms with E-state index < -0.39 is 33.7 Å². The van der Waals surface area contributed by atoms with Crippen molar-refractivity contribution in [2.24, 2.45) is 7.05 Å². The second-order valence-corrected chi connectivity index (χ2v) is 13.1. The van der Waals surface area contributed by atoms with Crippen molar-refractivity contribution in [3.63, 3.8) is 0 Å². The maximum absolute atomic E-state index is 14.8. The number of nitrogens with one attached hydrogen (secondary N) is 3. The summed E-state index contributed by atoms with van der Waals surface area (Å²) in [5.41, 5.74) is -0.532. The summed E-state index contributed by atoms with van der Waals surface area (Å²) >= 11 is 8.49. The zero-order chi connectivity index (χ0) is 29.6. The Kier molecular flexibility index (Phi) is 8.20. The Morgan fingerprint density at radius 2 is 1.88 bits per heavy atom. The van der Waals surface area contributed by atoms with Crippen molar-refractivity contribution >= 4 is 67.5 Å². The van der Waals surface area contributed by atoms with Gasteiger partial charge < -0.3 is 15.4 Å². The number of halogens is 4. The summed E-state index contributed by atoms with van der Waals surface area (Å²) < 4.78 is 64.5. The molecule has 1 aromatic heterocycles. The third-order valence-corrected chi connectivity index (χ3v) is 9.16. The Morgan fingerprint density at radius 3 is 2.51 bits per heavy atom. The fourth-order valence-electron chi connectivity index (χ4n) is 4.17. The van der Waals surface area contributed by atoms with Gasteiger partial charge >= 0.3 is 10.2 Å². The molecule has 1 saturated heterocycles. The molecule has 2 fully saturated rings. The number of aromatic nitrogens is 1. The van der Waals surface area contributed by atoms with E-state index in [2.05, 4.69) is 15.4 Å². The van der Waals surface area contributed by atoms with Gasteiger partial charge in [-0.05, 0) is 72.7 Å². The lowest BCUT2D eigenvalue weighted by Gasteiger charge is -2.33. The molecule has 1 aliphatic heterocycles. The predicted octanol–water partition coefficient (Wildman–Crippen LogP) is 4.83. The molecule has 2 aliphatic rings. The minimum atomic E-state index is -4.08. The van der Waals surface area contributed by atoms with Crippen LogP contribution in [0.25, 0.3) is 0 Å². The molecule has 1 amide bonds. The smallest absolute Gasteiger partial charge is 0.301 e. The number of amides is 1. The number of benzene rings is 2. The molecule has 0 atom stereocenters. The number of hydrogen-bond acceptors (Lipinski definition) is 6. The summed E-state index contributed by atoms with van der Waals surface area (Å²) in [5.74, 6) is -1.35. The highest BCUT2D eigenvalue weighted by Crippen LogP contribution is 2.40. The zero-order valence-electron chi connectivity index (χ0n) is 21.8. The summed E-state index contributed by atoms with van der Waals surface area (Å²) in [6, 6.07) is 8.70.